The van der Waals surface area contributed by atoms with Crippen molar-refractivity contribution in [2.75, 3.05) is 33.2 Å². The second-order valence-corrected chi connectivity index (χ2v) is 4.25. The van der Waals surface area contributed by atoms with Gasteiger partial charge < -0.3 is 4.90 Å². The minimum absolute atomic E-state index is 0.878. The maximum Gasteiger partial charge on any atom is 0.0226 e. The summed E-state index contributed by atoms with van der Waals surface area (Å²) in [5.41, 5.74) is 0. The summed E-state index contributed by atoms with van der Waals surface area (Å²) in [4.78, 5) is 5.11. The summed E-state index contributed by atoms with van der Waals surface area (Å²) in [6.07, 6.45) is 1.42. The summed E-state index contributed by atoms with van der Waals surface area (Å²) in [7, 11) is 2.24. The Labute approximate surface area is 69.2 Å². The van der Waals surface area contributed by atoms with E-state index < -0.39 is 0 Å². The minimum Gasteiger partial charge on any atom is -0.304 e. The Morgan fingerprint density at radius 1 is 1.18 bits per heavy atom. The Bertz CT molecular complexity index is 146. The molecule has 2 nitrogen and oxygen atoms in total. The molecule has 0 amide bonds. The first-order valence-electron chi connectivity index (χ1n) is 4.68. The van der Waals surface area contributed by atoms with Gasteiger partial charge in [0.25, 0.3) is 0 Å². The second kappa shape index (κ2) is 2.76. The zero-order chi connectivity index (χ0) is 7.84. The van der Waals surface area contributed by atoms with E-state index in [9.17, 15) is 0 Å². The molecule has 2 heterocycles. The van der Waals surface area contributed by atoms with Gasteiger partial charge in [-0.1, -0.05) is 6.92 Å². The number of nitrogens with zero attached hydrogens (tertiary/aromatic N) is 2. The molecule has 1 unspecified atom stereocenters. The topological polar surface area (TPSA) is 6.48 Å². The van der Waals surface area contributed by atoms with E-state index in [4.69, 9.17) is 0 Å². The van der Waals surface area contributed by atoms with Gasteiger partial charge in [-0.3, -0.25) is 4.90 Å². The lowest BCUT2D eigenvalue weighted by Gasteiger charge is -2.35. The lowest BCUT2D eigenvalue weighted by Crippen LogP contribution is -2.48. The number of fused-ring (bicyclic) bond motifs is 1. The molecule has 2 heteroatoms. The normalized spacial score (nSPS) is 40.9. The van der Waals surface area contributed by atoms with Crippen molar-refractivity contribution in [1.29, 1.82) is 0 Å². The van der Waals surface area contributed by atoms with E-state index >= 15 is 0 Å². The molecule has 2 fully saturated rings. The van der Waals surface area contributed by atoms with Crippen molar-refractivity contribution in [2.45, 2.75) is 19.4 Å². The van der Waals surface area contributed by atoms with Gasteiger partial charge in [0.1, 0.15) is 0 Å². The number of piperazine rings is 1. The van der Waals surface area contributed by atoms with E-state index in [1.807, 2.05) is 0 Å². The number of likely N-dealkylation sites (N-methyl/N-ethyl adjacent to an activating group) is 1. The van der Waals surface area contributed by atoms with Crippen LogP contribution >= 0.6 is 0 Å². The first kappa shape index (κ1) is 7.56. The zero-order valence-corrected chi connectivity index (χ0v) is 7.58. The molecule has 2 aliphatic heterocycles. The van der Waals surface area contributed by atoms with Crippen LogP contribution in [0.5, 0.6) is 0 Å². The number of hydrogen-bond acceptors (Lipinski definition) is 2. The molecule has 0 aromatic carbocycles. The molecular weight excluding hydrogens is 136 g/mol. The molecule has 0 saturated carbocycles. The first-order valence-corrected chi connectivity index (χ1v) is 4.68. The lowest BCUT2D eigenvalue weighted by atomic mass is 10.1. The second-order valence-electron chi connectivity index (χ2n) is 4.25. The maximum absolute atomic E-state index is 2.66. The molecule has 2 saturated heterocycles. The van der Waals surface area contributed by atoms with Crippen LogP contribution in [-0.4, -0.2) is 49.1 Å². The van der Waals surface area contributed by atoms with Gasteiger partial charge in [0, 0.05) is 32.2 Å². The van der Waals surface area contributed by atoms with Gasteiger partial charge in [0.05, 0.1) is 0 Å². The van der Waals surface area contributed by atoms with E-state index in [2.05, 4.69) is 23.8 Å². The van der Waals surface area contributed by atoms with E-state index in [0.717, 1.165) is 12.0 Å². The third-order valence-corrected chi connectivity index (χ3v) is 3.03. The van der Waals surface area contributed by atoms with Crippen molar-refractivity contribution < 1.29 is 0 Å². The number of hydrogen-bond donors (Lipinski definition) is 0. The summed E-state index contributed by atoms with van der Waals surface area (Å²) < 4.78 is 0. The smallest absolute Gasteiger partial charge is 0.0226 e. The van der Waals surface area contributed by atoms with Crippen LogP contribution in [0.3, 0.4) is 0 Å². The third-order valence-electron chi connectivity index (χ3n) is 3.03. The molecule has 0 radical (unpaired) electrons. The largest absolute Gasteiger partial charge is 0.304 e. The van der Waals surface area contributed by atoms with Crippen LogP contribution in [0, 0.1) is 5.92 Å². The van der Waals surface area contributed by atoms with Crippen molar-refractivity contribution in [1.82, 2.24) is 9.80 Å². The summed E-state index contributed by atoms with van der Waals surface area (Å²) in [6.45, 7) is 7.58. The van der Waals surface area contributed by atoms with E-state index in [0.29, 0.717) is 0 Å². The van der Waals surface area contributed by atoms with E-state index in [1.165, 1.54) is 32.6 Å². The monoisotopic (exact) mass is 154 g/mol. The summed E-state index contributed by atoms with van der Waals surface area (Å²) in [6, 6.07) is 0.878. The van der Waals surface area contributed by atoms with Gasteiger partial charge in [-0.15, -0.1) is 0 Å². The summed E-state index contributed by atoms with van der Waals surface area (Å²) in [5, 5.41) is 0. The average Bonchev–Trinajstić information content (AvgIpc) is 2.27. The van der Waals surface area contributed by atoms with Gasteiger partial charge >= 0.3 is 0 Å². The highest BCUT2D eigenvalue weighted by molar-refractivity contribution is 4.88. The Morgan fingerprint density at radius 3 is 2.82 bits per heavy atom. The van der Waals surface area contributed by atoms with Crippen LogP contribution in [-0.2, 0) is 0 Å². The highest BCUT2D eigenvalue weighted by Gasteiger charge is 2.32. The molecule has 0 spiro atoms. The van der Waals surface area contributed by atoms with Crippen LogP contribution in [0.4, 0.5) is 0 Å². The van der Waals surface area contributed by atoms with Crippen LogP contribution < -0.4 is 0 Å². The fourth-order valence-corrected chi connectivity index (χ4v) is 2.45. The van der Waals surface area contributed by atoms with Gasteiger partial charge in [-0.05, 0) is 19.4 Å². The fraction of sp³-hybridized carbons (Fsp3) is 1.00. The van der Waals surface area contributed by atoms with Gasteiger partial charge in [-0.2, -0.15) is 0 Å². The summed E-state index contributed by atoms with van der Waals surface area (Å²) in [5.74, 6) is 0.937. The molecule has 0 N–H and O–H groups in total. The lowest BCUT2D eigenvalue weighted by molar-refractivity contribution is 0.124. The van der Waals surface area contributed by atoms with Crippen LogP contribution in [0.2, 0.25) is 0 Å². The number of rotatable bonds is 0. The van der Waals surface area contributed by atoms with Crippen LogP contribution in [0.1, 0.15) is 13.3 Å². The van der Waals surface area contributed by atoms with E-state index in [1.54, 1.807) is 0 Å². The Morgan fingerprint density at radius 2 is 2.00 bits per heavy atom. The van der Waals surface area contributed by atoms with Crippen molar-refractivity contribution in [3.63, 3.8) is 0 Å². The standard InChI is InChI=1S/C9H18N2/c1-8-5-9-7-10(2)3-4-11(9)6-8/h8-9H,3-7H2,1-2H3/t8?,9-/m0/s1. The molecule has 0 aliphatic carbocycles. The first-order chi connectivity index (χ1) is 5.25. The van der Waals surface area contributed by atoms with Crippen molar-refractivity contribution in [3.8, 4) is 0 Å². The molecule has 2 rings (SSSR count). The van der Waals surface area contributed by atoms with Gasteiger partial charge in [0.2, 0.25) is 0 Å². The Hall–Kier alpha value is -0.0800. The molecule has 64 valence electrons. The molecule has 2 aliphatic rings. The Kier molecular flexibility index (Phi) is 1.90. The molecule has 0 aromatic heterocycles. The van der Waals surface area contributed by atoms with Gasteiger partial charge in [0.15, 0.2) is 0 Å². The molecule has 2 atom stereocenters. The SMILES string of the molecule is CC1C[C@H]2CN(C)CCN2C1. The predicted molar refractivity (Wildman–Crippen MR) is 46.6 cm³/mol. The zero-order valence-electron chi connectivity index (χ0n) is 7.58. The van der Waals surface area contributed by atoms with E-state index in [-0.39, 0.29) is 0 Å². The van der Waals surface area contributed by atoms with Crippen LogP contribution in [0.15, 0.2) is 0 Å². The van der Waals surface area contributed by atoms with Crippen molar-refractivity contribution >= 4 is 0 Å². The Balaban J connectivity index is 1.97. The molecule has 0 bridgehead atoms. The predicted octanol–water partition coefficient (Wildman–Crippen LogP) is 0.642. The maximum atomic E-state index is 2.66. The van der Waals surface area contributed by atoms with Crippen molar-refractivity contribution in [2.24, 2.45) is 5.92 Å². The van der Waals surface area contributed by atoms with Crippen molar-refractivity contribution in [3.05, 3.63) is 0 Å². The minimum atomic E-state index is 0.878. The fourth-order valence-electron chi connectivity index (χ4n) is 2.45. The van der Waals surface area contributed by atoms with Gasteiger partial charge in [-0.25, -0.2) is 0 Å². The quantitative estimate of drug-likeness (QED) is 0.505. The molecule has 0 aromatic rings. The third kappa shape index (κ3) is 1.42. The molecule has 11 heavy (non-hydrogen) atoms. The average molecular weight is 154 g/mol. The highest BCUT2D eigenvalue weighted by Crippen LogP contribution is 2.24. The van der Waals surface area contributed by atoms with Crippen LogP contribution in [0.25, 0.3) is 0 Å². The highest BCUT2D eigenvalue weighted by atomic mass is 15.3. The summed E-state index contributed by atoms with van der Waals surface area (Å²) >= 11 is 0. The molecular formula is C9H18N2.